The zero-order valence-electron chi connectivity index (χ0n) is 16.0. The molecule has 2 aromatic carbocycles. The van der Waals surface area contributed by atoms with Gasteiger partial charge in [-0.3, -0.25) is 9.69 Å². The summed E-state index contributed by atoms with van der Waals surface area (Å²) in [6.07, 6.45) is 1.93. The number of amides is 1. The number of aliphatic imine (C=N–C) groups is 1. The Hall–Kier alpha value is -1.60. The van der Waals surface area contributed by atoms with Crippen LogP contribution in [0.15, 0.2) is 62.3 Å². The van der Waals surface area contributed by atoms with Gasteiger partial charge in [0.15, 0.2) is 5.17 Å². The van der Waals surface area contributed by atoms with E-state index in [1.54, 1.807) is 28.8 Å². The lowest BCUT2D eigenvalue weighted by molar-refractivity contribution is -0.122. The first-order valence-corrected chi connectivity index (χ1v) is 11.7. The number of hydrogen-bond donors (Lipinski definition) is 0. The van der Waals surface area contributed by atoms with Crippen molar-refractivity contribution in [3.8, 4) is 0 Å². The van der Waals surface area contributed by atoms with Gasteiger partial charge in [-0.15, -0.1) is 0 Å². The highest BCUT2D eigenvalue weighted by Crippen LogP contribution is 2.50. The summed E-state index contributed by atoms with van der Waals surface area (Å²) in [6.45, 7) is 2.77. The summed E-state index contributed by atoms with van der Waals surface area (Å²) < 4.78 is 0. The van der Waals surface area contributed by atoms with E-state index in [0.717, 1.165) is 34.1 Å². The number of nitrogens with zero attached hydrogens (tertiary/aromatic N) is 3. The topological polar surface area (TPSA) is 35.9 Å². The molecule has 1 amide bonds. The van der Waals surface area contributed by atoms with Crippen molar-refractivity contribution in [3.05, 3.63) is 62.4 Å². The van der Waals surface area contributed by atoms with Crippen LogP contribution in [0.5, 0.6) is 0 Å². The molecule has 0 spiro atoms. The fourth-order valence-corrected chi connectivity index (χ4v) is 5.72. The number of benzene rings is 2. The molecule has 4 nitrogen and oxygen atoms in total. The molecular formula is C21H19Cl2N3OS2. The van der Waals surface area contributed by atoms with Crippen molar-refractivity contribution < 1.29 is 4.79 Å². The molecule has 0 aromatic heterocycles. The maximum Gasteiger partial charge on any atom is 0.269 e. The van der Waals surface area contributed by atoms with Crippen LogP contribution in [-0.2, 0) is 4.79 Å². The molecular weight excluding hydrogens is 445 g/mol. The van der Waals surface area contributed by atoms with E-state index in [2.05, 4.69) is 6.92 Å². The third kappa shape index (κ3) is 4.17. The number of hydrogen-bond acceptors (Lipinski definition) is 5. The van der Waals surface area contributed by atoms with Crippen LogP contribution in [-0.4, -0.2) is 29.6 Å². The largest absolute Gasteiger partial charge is 0.337 e. The van der Waals surface area contributed by atoms with Crippen LogP contribution >= 0.6 is 46.7 Å². The van der Waals surface area contributed by atoms with Crippen LogP contribution in [0.1, 0.15) is 19.8 Å². The summed E-state index contributed by atoms with van der Waals surface area (Å²) in [5, 5.41) is 2.97. The monoisotopic (exact) mass is 463 g/mol. The van der Waals surface area contributed by atoms with E-state index in [9.17, 15) is 4.79 Å². The molecule has 2 aliphatic rings. The van der Waals surface area contributed by atoms with Crippen molar-refractivity contribution in [2.24, 2.45) is 4.99 Å². The number of carbonyl (C=O) groups excluding carboxylic acids is 1. The van der Waals surface area contributed by atoms with Gasteiger partial charge in [-0.1, -0.05) is 48.3 Å². The zero-order chi connectivity index (χ0) is 20.5. The summed E-state index contributed by atoms with van der Waals surface area (Å²) in [6, 6.07) is 13.1. The van der Waals surface area contributed by atoms with Gasteiger partial charge in [0.2, 0.25) is 0 Å². The van der Waals surface area contributed by atoms with Crippen molar-refractivity contribution in [2.75, 3.05) is 18.5 Å². The Morgan fingerprint density at radius 3 is 2.48 bits per heavy atom. The van der Waals surface area contributed by atoms with E-state index in [0.29, 0.717) is 26.7 Å². The van der Waals surface area contributed by atoms with Crippen molar-refractivity contribution in [1.29, 1.82) is 0 Å². The molecule has 0 bridgehead atoms. The lowest BCUT2D eigenvalue weighted by atomic mass is 10.3. The number of fused-ring (bicyclic) bond motifs is 1. The van der Waals surface area contributed by atoms with Gasteiger partial charge < -0.3 is 4.90 Å². The molecule has 0 aliphatic carbocycles. The molecule has 29 heavy (non-hydrogen) atoms. The normalized spacial score (nSPS) is 20.1. The second kappa shape index (κ2) is 8.64. The Bertz CT molecular complexity index is 1020. The summed E-state index contributed by atoms with van der Waals surface area (Å²) in [5.74, 6) is 0.00409. The van der Waals surface area contributed by atoms with Gasteiger partial charge in [0.1, 0.15) is 4.91 Å². The molecule has 0 saturated carbocycles. The first kappa shape index (κ1) is 20.7. The zero-order valence-corrected chi connectivity index (χ0v) is 19.1. The van der Waals surface area contributed by atoms with E-state index in [4.69, 9.17) is 28.2 Å². The van der Waals surface area contributed by atoms with Crippen LogP contribution in [0.3, 0.4) is 0 Å². The second-order valence-corrected chi connectivity index (χ2v) is 9.57. The maximum absolute atomic E-state index is 13.3. The van der Waals surface area contributed by atoms with Crippen molar-refractivity contribution in [3.63, 3.8) is 0 Å². The molecule has 1 saturated heterocycles. The lowest BCUT2D eigenvalue weighted by Crippen LogP contribution is -2.30. The summed E-state index contributed by atoms with van der Waals surface area (Å²) >= 11 is 15.2. The molecule has 2 heterocycles. The Morgan fingerprint density at radius 2 is 1.76 bits per heavy atom. The molecule has 4 rings (SSSR count). The van der Waals surface area contributed by atoms with Gasteiger partial charge in [0.05, 0.1) is 16.4 Å². The average Bonchev–Trinajstić information content (AvgIpc) is 3.19. The van der Waals surface area contributed by atoms with Crippen LogP contribution in [0.2, 0.25) is 10.0 Å². The van der Waals surface area contributed by atoms with Crippen molar-refractivity contribution in [2.45, 2.75) is 24.7 Å². The highest BCUT2D eigenvalue weighted by molar-refractivity contribution is 8.19. The molecule has 0 atom stereocenters. The minimum Gasteiger partial charge on any atom is -0.337 e. The van der Waals surface area contributed by atoms with Crippen LogP contribution in [0.4, 0.5) is 11.4 Å². The highest BCUT2D eigenvalue weighted by Gasteiger charge is 2.38. The van der Waals surface area contributed by atoms with Crippen LogP contribution in [0, 0.1) is 0 Å². The number of halogens is 2. The SMILES string of the molecule is CCCCN1C(=O)/C(=C2\Sc3ccc(Cl)cc3N2C)SC1=Nc1ccc(Cl)cc1. The highest BCUT2D eigenvalue weighted by atomic mass is 35.5. The predicted octanol–water partition coefficient (Wildman–Crippen LogP) is 6.77. The molecule has 0 radical (unpaired) electrons. The first-order valence-electron chi connectivity index (χ1n) is 9.27. The second-order valence-electron chi connectivity index (χ2n) is 6.69. The van der Waals surface area contributed by atoms with Crippen molar-refractivity contribution in [1.82, 2.24) is 4.90 Å². The summed E-state index contributed by atoms with van der Waals surface area (Å²) in [5.41, 5.74) is 1.79. The van der Waals surface area contributed by atoms with Gasteiger partial charge >= 0.3 is 0 Å². The van der Waals surface area contributed by atoms with Gasteiger partial charge in [-0.2, -0.15) is 0 Å². The molecule has 2 aromatic rings. The Morgan fingerprint density at radius 1 is 1.03 bits per heavy atom. The number of carbonyl (C=O) groups is 1. The van der Waals surface area contributed by atoms with E-state index in [-0.39, 0.29) is 5.91 Å². The van der Waals surface area contributed by atoms with Crippen LogP contribution < -0.4 is 4.90 Å². The average molecular weight is 464 g/mol. The van der Waals surface area contributed by atoms with Gasteiger partial charge in [-0.05, 0) is 60.6 Å². The Kier molecular flexibility index (Phi) is 6.16. The lowest BCUT2D eigenvalue weighted by Gasteiger charge is -2.16. The standard InChI is InChI=1S/C21H19Cl2N3OS2/c1-3-4-11-26-19(27)18(29-21(26)24-15-8-5-13(22)6-9-15)20-25(2)16-12-14(23)7-10-17(16)28-20/h5-10,12H,3-4,11H2,1-2H3/b20-18+,24-21?. The molecule has 2 aliphatic heterocycles. The number of unbranched alkanes of at least 4 members (excludes halogenated alkanes) is 1. The first-order chi connectivity index (χ1) is 14.0. The predicted molar refractivity (Wildman–Crippen MR) is 125 cm³/mol. The Labute approximate surface area is 189 Å². The molecule has 1 fully saturated rings. The quantitative estimate of drug-likeness (QED) is 0.468. The number of amidine groups is 1. The molecule has 0 N–H and O–H groups in total. The molecule has 8 heteroatoms. The fourth-order valence-electron chi connectivity index (χ4n) is 3.08. The number of thioether (sulfide) groups is 2. The van der Waals surface area contributed by atoms with E-state index in [1.165, 1.54) is 11.8 Å². The van der Waals surface area contributed by atoms with Crippen molar-refractivity contribution >= 4 is 69.2 Å². The van der Waals surface area contributed by atoms with Gasteiger partial charge in [0.25, 0.3) is 5.91 Å². The smallest absolute Gasteiger partial charge is 0.269 e. The maximum atomic E-state index is 13.3. The third-order valence-electron chi connectivity index (χ3n) is 4.64. The molecule has 150 valence electrons. The minimum absolute atomic E-state index is 0.00409. The van der Waals surface area contributed by atoms with Gasteiger partial charge in [-0.25, -0.2) is 4.99 Å². The number of anilines is 1. The van der Waals surface area contributed by atoms with Crippen LogP contribution in [0.25, 0.3) is 0 Å². The minimum atomic E-state index is 0.00409. The van der Waals surface area contributed by atoms with E-state index in [1.807, 2.05) is 42.3 Å². The Balaban J connectivity index is 1.71. The van der Waals surface area contributed by atoms with E-state index < -0.39 is 0 Å². The third-order valence-corrected chi connectivity index (χ3v) is 7.56. The summed E-state index contributed by atoms with van der Waals surface area (Å²) in [7, 11) is 1.97. The van der Waals surface area contributed by atoms with E-state index >= 15 is 0 Å². The fraction of sp³-hybridized carbons (Fsp3) is 0.238. The molecule has 0 unspecified atom stereocenters. The van der Waals surface area contributed by atoms with Gasteiger partial charge in [0, 0.05) is 28.5 Å². The summed E-state index contributed by atoms with van der Waals surface area (Å²) in [4.78, 5) is 23.7. The number of rotatable bonds is 4.